The maximum atomic E-state index is 12.7. The third-order valence-electron chi connectivity index (χ3n) is 8.61. The molecule has 0 heterocycles. The molecule has 53 heavy (non-hydrogen) atoms. The van der Waals surface area contributed by atoms with E-state index in [-0.39, 0.29) is 25.8 Å². The summed E-state index contributed by atoms with van der Waals surface area (Å²) < 4.78 is 34.8. The summed E-state index contributed by atoms with van der Waals surface area (Å²) in [4.78, 5) is 22.8. The number of ether oxygens (including phenoxy) is 2. The first-order chi connectivity index (χ1) is 25.6. The number of nitrogens with zero attached hydrogens (tertiary/aromatic N) is 1. The maximum Gasteiger partial charge on any atom is 0.472 e. The second-order valence-electron chi connectivity index (χ2n) is 15.0. The number of carbonyl (C=O) groups is 1. The van der Waals surface area contributed by atoms with Crippen molar-refractivity contribution in [3.8, 4) is 0 Å². The van der Waals surface area contributed by atoms with Gasteiger partial charge in [0.15, 0.2) is 0 Å². The summed E-state index contributed by atoms with van der Waals surface area (Å²) in [5.41, 5.74) is 0. The predicted molar refractivity (Wildman–Crippen MR) is 224 cm³/mol. The Morgan fingerprint density at radius 3 is 1.53 bits per heavy atom. The molecule has 0 aromatic rings. The molecule has 0 bridgehead atoms. The number of likely N-dealkylation sites (N-methyl/N-ethyl adjacent to an activating group) is 1. The van der Waals surface area contributed by atoms with Crippen LogP contribution in [0.4, 0.5) is 0 Å². The van der Waals surface area contributed by atoms with Gasteiger partial charge in [0.1, 0.15) is 19.3 Å². The number of hydrogen-bond acceptors (Lipinski definition) is 6. The van der Waals surface area contributed by atoms with Crippen LogP contribution in [0.25, 0.3) is 0 Å². The van der Waals surface area contributed by atoms with Crippen LogP contribution in [-0.4, -0.2) is 75.6 Å². The van der Waals surface area contributed by atoms with Crippen molar-refractivity contribution in [3.63, 3.8) is 0 Å². The summed E-state index contributed by atoms with van der Waals surface area (Å²) in [5.74, 6) is -0.339. The summed E-state index contributed by atoms with van der Waals surface area (Å²) in [7, 11) is 1.62. The molecule has 0 saturated heterocycles. The Morgan fingerprint density at radius 2 is 1.06 bits per heavy atom. The molecule has 0 spiro atoms. The lowest BCUT2D eigenvalue weighted by atomic mass is 10.0. The molecule has 1 N–H and O–H groups in total. The zero-order valence-corrected chi connectivity index (χ0v) is 35.6. The smallest absolute Gasteiger partial charge is 0.457 e. The van der Waals surface area contributed by atoms with Gasteiger partial charge in [-0.1, -0.05) is 164 Å². The summed E-state index contributed by atoms with van der Waals surface area (Å²) in [6.07, 6.45) is 45.6. The van der Waals surface area contributed by atoms with E-state index in [0.717, 1.165) is 51.4 Å². The van der Waals surface area contributed by atoms with Crippen molar-refractivity contribution < 1.29 is 37.3 Å². The van der Waals surface area contributed by atoms with Crippen LogP contribution in [0.3, 0.4) is 0 Å². The fourth-order valence-electron chi connectivity index (χ4n) is 5.38. The van der Waals surface area contributed by atoms with E-state index in [9.17, 15) is 14.3 Å². The number of rotatable bonds is 38. The van der Waals surface area contributed by atoms with Gasteiger partial charge >= 0.3 is 13.8 Å². The number of allylic oxidation sites excluding steroid dienone is 9. The van der Waals surface area contributed by atoms with Crippen molar-refractivity contribution in [1.29, 1.82) is 0 Å². The quantitative estimate of drug-likeness (QED) is 0.0220. The Hall–Kier alpha value is -1.80. The summed E-state index contributed by atoms with van der Waals surface area (Å²) in [6, 6.07) is 0. The lowest BCUT2D eigenvalue weighted by Crippen LogP contribution is -2.37. The van der Waals surface area contributed by atoms with Gasteiger partial charge in [-0.05, 0) is 44.9 Å². The molecular formula is C44H81NO7P+. The first kappa shape index (κ1) is 51.2. The number of unbranched alkanes of at least 4 members (excludes halogenated alkanes) is 14. The lowest BCUT2D eigenvalue weighted by molar-refractivity contribution is -0.870. The van der Waals surface area contributed by atoms with E-state index in [1.54, 1.807) is 0 Å². The largest absolute Gasteiger partial charge is 0.472 e. The van der Waals surface area contributed by atoms with Crippen LogP contribution in [0, 0.1) is 0 Å². The Labute approximate surface area is 326 Å². The minimum absolute atomic E-state index is 0.0741. The first-order valence-electron chi connectivity index (χ1n) is 21.0. The minimum Gasteiger partial charge on any atom is -0.457 e. The van der Waals surface area contributed by atoms with Crippen molar-refractivity contribution in [2.24, 2.45) is 0 Å². The van der Waals surface area contributed by atoms with E-state index >= 15 is 0 Å². The summed E-state index contributed by atoms with van der Waals surface area (Å²) in [5, 5.41) is 0. The normalized spacial score (nSPS) is 14.5. The first-order valence-corrected chi connectivity index (χ1v) is 22.5. The molecule has 2 unspecified atom stereocenters. The molecule has 0 aliphatic carbocycles. The minimum atomic E-state index is -4.29. The van der Waals surface area contributed by atoms with Crippen LogP contribution < -0.4 is 0 Å². The molecule has 9 heteroatoms. The van der Waals surface area contributed by atoms with Crippen LogP contribution in [0.1, 0.15) is 155 Å². The van der Waals surface area contributed by atoms with Crippen molar-refractivity contribution in [1.82, 2.24) is 0 Å². The average Bonchev–Trinajstić information content (AvgIpc) is 3.11. The van der Waals surface area contributed by atoms with Crippen molar-refractivity contribution in [2.75, 3.05) is 54.1 Å². The number of esters is 1. The van der Waals surface area contributed by atoms with Crippen LogP contribution in [0.15, 0.2) is 60.8 Å². The number of quaternary nitrogens is 1. The van der Waals surface area contributed by atoms with Gasteiger partial charge in [-0.15, -0.1) is 0 Å². The van der Waals surface area contributed by atoms with E-state index in [2.05, 4.69) is 74.6 Å². The Kier molecular flexibility index (Phi) is 35.9. The van der Waals surface area contributed by atoms with Crippen LogP contribution >= 0.6 is 7.82 Å². The van der Waals surface area contributed by atoms with Crippen molar-refractivity contribution >= 4 is 13.8 Å². The van der Waals surface area contributed by atoms with E-state index in [1.165, 1.54) is 77.0 Å². The van der Waals surface area contributed by atoms with Gasteiger partial charge in [0.05, 0.1) is 41.0 Å². The Bertz CT molecular complexity index is 1030. The van der Waals surface area contributed by atoms with Crippen molar-refractivity contribution in [3.05, 3.63) is 60.8 Å². The van der Waals surface area contributed by atoms with E-state index in [4.69, 9.17) is 18.5 Å². The third kappa shape index (κ3) is 41.2. The highest BCUT2D eigenvalue weighted by Crippen LogP contribution is 2.43. The zero-order valence-electron chi connectivity index (χ0n) is 34.7. The third-order valence-corrected chi connectivity index (χ3v) is 9.60. The molecule has 0 radical (unpaired) electrons. The summed E-state index contributed by atoms with van der Waals surface area (Å²) in [6.45, 7) is 5.27. The average molecular weight is 767 g/mol. The Morgan fingerprint density at radius 1 is 0.604 bits per heavy atom. The fourth-order valence-corrected chi connectivity index (χ4v) is 6.12. The molecule has 8 nitrogen and oxygen atoms in total. The number of hydrogen-bond donors (Lipinski definition) is 1. The van der Waals surface area contributed by atoms with Gasteiger partial charge in [-0.25, -0.2) is 4.57 Å². The maximum absolute atomic E-state index is 12.7. The van der Waals surface area contributed by atoms with E-state index in [1.807, 2.05) is 21.1 Å². The van der Waals surface area contributed by atoms with Gasteiger partial charge in [-0.2, -0.15) is 0 Å². The lowest BCUT2D eigenvalue weighted by Gasteiger charge is -2.24. The van der Waals surface area contributed by atoms with Gasteiger partial charge in [0, 0.05) is 6.42 Å². The topological polar surface area (TPSA) is 91.3 Å². The molecule has 0 rings (SSSR count). The molecule has 0 aliphatic heterocycles. The molecule has 0 saturated carbocycles. The highest BCUT2D eigenvalue weighted by molar-refractivity contribution is 7.47. The molecule has 2 atom stereocenters. The molecule has 0 aromatic carbocycles. The van der Waals surface area contributed by atoms with Crippen LogP contribution in [-0.2, 0) is 27.9 Å². The zero-order chi connectivity index (χ0) is 39.1. The van der Waals surface area contributed by atoms with E-state index in [0.29, 0.717) is 30.5 Å². The number of phosphoric ester groups is 1. The van der Waals surface area contributed by atoms with Crippen LogP contribution in [0.2, 0.25) is 0 Å². The second kappa shape index (κ2) is 37.1. The van der Waals surface area contributed by atoms with Gasteiger partial charge in [0.2, 0.25) is 0 Å². The second-order valence-corrected chi connectivity index (χ2v) is 16.4. The van der Waals surface area contributed by atoms with Crippen molar-refractivity contribution in [2.45, 2.75) is 161 Å². The number of phosphoric acid groups is 1. The molecule has 0 aromatic heterocycles. The molecule has 0 amide bonds. The SMILES string of the molecule is CC/C=C\C/C=C\C/C=C\C/C=C\C/C=C\CCOCC(COP(=O)(O)OCC[N+](C)(C)C)OC(=O)CCCCCCCCCCCCCCCCC. The Balaban J connectivity index is 4.38. The molecule has 0 aliphatic rings. The standard InChI is InChI=1S/C44H80NO7P/c1-6-8-10-12-14-16-18-20-22-24-26-28-30-32-34-36-39-49-41-43(42-51-53(47,48)50-40-38-45(3,4)5)52-44(46)37-35-33-31-29-27-25-23-21-19-17-15-13-11-9-7-2/h8,10,14,16,20,22,26,28,32,34,43H,6-7,9,11-13,15,17-19,21,23-25,27,29-31,33,35-42H2,1-5H3/p+1/b10-8-,16-14-,22-20-,28-26-,34-32-. The fraction of sp³-hybridized carbons (Fsp3) is 0.750. The molecule has 0 fully saturated rings. The van der Waals surface area contributed by atoms with Crippen LogP contribution in [0.5, 0.6) is 0 Å². The molecular weight excluding hydrogens is 685 g/mol. The highest BCUT2D eigenvalue weighted by atomic mass is 31.2. The monoisotopic (exact) mass is 767 g/mol. The van der Waals surface area contributed by atoms with Gasteiger partial charge in [-0.3, -0.25) is 13.8 Å². The summed E-state index contributed by atoms with van der Waals surface area (Å²) >= 11 is 0. The van der Waals surface area contributed by atoms with Gasteiger partial charge in [0.25, 0.3) is 0 Å². The predicted octanol–water partition coefficient (Wildman–Crippen LogP) is 12.2. The number of carbonyl (C=O) groups excluding carboxylic acids is 1. The highest BCUT2D eigenvalue weighted by Gasteiger charge is 2.26. The van der Waals surface area contributed by atoms with Gasteiger partial charge < -0.3 is 18.9 Å². The molecule has 308 valence electrons. The van der Waals surface area contributed by atoms with E-state index < -0.39 is 13.9 Å².